The Labute approximate surface area is 211 Å². The summed E-state index contributed by atoms with van der Waals surface area (Å²) in [6.07, 6.45) is 12.6. The number of aromatic nitrogens is 5. The SMILES string of the molecule is Nc1cnn(CCCN2CCc3ccccc32)c1.Nc1cnn(CCCn2ccc3ccccc32)c1. The van der Waals surface area contributed by atoms with E-state index in [1.807, 2.05) is 21.8 Å². The summed E-state index contributed by atoms with van der Waals surface area (Å²) in [6.45, 7) is 5.03. The van der Waals surface area contributed by atoms with Crippen molar-refractivity contribution < 1.29 is 0 Å². The van der Waals surface area contributed by atoms with Gasteiger partial charge in [-0.15, -0.1) is 0 Å². The summed E-state index contributed by atoms with van der Waals surface area (Å²) in [5.74, 6) is 0. The lowest BCUT2D eigenvalue weighted by molar-refractivity contribution is 0.534. The van der Waals surface area contributed by atoms with Crippen LogP contribution >= 0.6 is 0 Å². The Kier molecular flexibility index (Phi) is 7.21. The van der Waals surface area contributed by atoms with Gasteiger partial charge in [-0.25, -0.2) is 0 Å². The van der Waals surface area contributed by atoms with E-state index in [1.54, 1.807) is 12.4 Å². The Morgan fingerprint density at radius 3 is 2.11 bits per heavy atom. The van der Waals surface area contributed by atoms with Crippen LogP contribution in [0.15, 0.2) is 85.6 Å². The van der Waals surface area contributed by atoms with E-state index in [0.717, 1.165) is 56.9 Å². The number of nitrogen functional groups attached to an aromatic ring is 2. The number of fused-ring (bicyclic) bond motifs is 2. The Balaban J connectivity index is 0.000000148. The smallest absolute Gasteiger partial charge is 0.0719 e. The van der Waals surface area contributed by atoms with Gasteiger partial charge in [-0.3, -0.25) is 9.36 Å². The van der Waals surface area contributed by atoms with Crippen molar-refractivity contribution in [2.24, 2.45) is 0 Å². The fourth-order valence-corrected chi connectivity index (χ4v) is 4.80. The summed E-state index contributed by atoms with van der Waals surface area (Å²) in [5.41, 5.74) is 16.9. The molecule has 0 spiro atoms. The fraction of sp³-hybridized carbons (Fsp3) is 0.286. The monoisotopic (exact) mass is 482 g/mol. The second-order valence-corrected chi connectivity index (χ2v) is 9.21. The molecule has 2 aromatic carbocycles. The molecule has 3 aromatic heterocycles. The van der Waals surface area contributed by atoms with Gasteiger partial charge in [0.05, 0.1) is 23.8 Å². The Morgan fingerprint density at radius 2 is 1.39 bits per heavy atom. The zero-order chi connectivity index (χ0) is 24.7. The number of anilines is 3. The number of nitrogens with two attached hydrogens (primary N) is 2. The van der Waals surface area contributed by atoms with E-state index in [1.165, 1.54) is 28.6 Å². The van der Waals surface area contributed by atoms with E-state index >= 15 is 0 Å². The van der Waals surface area contributed by atoms with Crippen molar-refractivity contribution in [2.75, 3.05) is 29.5 Å². The van der Waals surface area contributed by atoms with Crippen molar-refractivity contribution in [3.8, 4) is 0 Å². The second kappa shape index (κ2) is 11.0. The Morgan fingerprint density at radius 1 is 0.722 bits per heavy atom. The zero-order valence-electron chi connectivity index (χ0n) is 20.6. The third-order valence-corrected chi connectivity index (χ3v) is 6.57. The first kappa shape index (κ1) is 23.5. The Hall–Kier alpha value is -4.20. The maximum Gasteiger partial charge on any atom is 0.0719 e. The summed E-state index contributed by atoms with van der Waals surface area (Å²) < 4.78 is 6.08. The highest BCUT2D eigenvalue weighted by atomic mass is 15.3. The minimum absolute atomic E-state index is 0.724. The van der Waals surface area contributed by atoms with Crippen molar-refractivity contribution in [2.45, 2.75) is 38.9 Å². The van der Waals surface area contributed by atoms with Gasteiger partial charge in [-0.1, -0.05) is 36.4 Å². The van der Waals surface area contributed by atoms with Gasteiger partial charge in [0.25, 0.3) is 0 Å². The van der Waals surface area contributed by atoms with Crippen LogP contribution in [0.3, 0.4) is 0 Å². The molecule has 0 amide bonds. The molecule has 0 aliphatic carbocycles. The zero-order valence-corrected chi connectivity index (χ0v) is 20.6. The van der Waals surface area contributed by atoms with Crippen LogP contribution in [0.4, 0.5) is 17.1 Å². The van der Waals surface area contributed by atoms with Crippen LogP contribution in [0.25, 0.3) is 10.9 Å². The molecule has 0 saturated carbocycles. The van der Waals surface area contributed by atoms with Crippen molar-refractivity contribution in [1.29, 1.82) is 0 Å². The average molecular weight is 483 g/mol. The Bertz CT molecular complexity index is 1400. The highest BCUT2D eigenvalue weighted by Crippen LogP contribution is 2.27. The second-order valence-electron chi connectivity index (χ2n) is 9.21. The summed E-state index contributed by atoms with van der Waals surface area (Å²) in [4.78, 5) is 2.46. The minimum atomic E-state index is 0.724. The molecule has 8 heteroatoms. The fourth-order valence-electron chi connectivity index (χ4n) is 4.80. The summed E-state index contributed by atoms with van der Waals surface area (Å²) in [5, 5.41) is 9.67. The number of nitrogens with zero attached hydrogens (tertiary/aromatic N) is 6. The van der Waals surface area contributed by atoms with Crippen LogP contribution in [0, 0.1) is 0 Å². The van der Waals surface area contributed by atoms with Crippen molar-refractivity contribution in [3.63, 3.8) is 0 Å². The largest absolute Gasteiger partial charge is 0.396 e. The predicted molar refractivity (Wildman–Crippen MR) is 147 cm³/mol. The van der Waals surface area contributed by atoms with E-state index in [-0.39, 0.29) is 0 Å². The minimum Gasteiger partial charge on any atom is -0.396 e. The lowest BCUT2D eigenvalue weighted by atomic mass is 10.2. The molecule has 1 aliphatic heterocycles. The molecular weight excluding hydrogens is 448 g/mol. The average Bonchev–Trinajstić information content (AvgIpc) is 3.68. The molecule has 0 saturated heterocycles. The van der Waals surface area contributed by atoms with E-state index in [0.29, 0.717) is 0 Å². The maximum absolute atomic E-state index is 5.64. The third kappa shape index (κ3) is 5.71. The molecule has 1 aliphatic rings. The van der Waals surface area contributed by atoms with Gasteiger partial charge in [-0.05, 0) is 48.4 Å². The molecule has 6 rings (SSSR count). The van der Waals surface area contributed by atoms with Gasteiger partial charge in [-0.2, -0.15) is 10.2 Å². The van der Waals surface area contributed by atoms with E-state index in [4.69, 9.17) is 11.5 Å². The molecule has 4 heterocycles. The van der Waals surface area contributed by atoms with Gasteiger partial charge in [0, 0.05) is 62.5 Å². The molecule has 8 nitrogen and oxygen atoms in total. The van der Waals surface area contributed by atoms with Gasteiger partial charge >= 0.3 is 0 Å². The molecule has 4 N–H and O–H groups in total. The number of hydrogen-bond acceptors (Lipinski definition) is 5. The van der Waals surface area contributed by atoms with Gasteiger partial charge in [0.2, 0.25) is 0 Å². The number of aryl methyl sites for hydroxylation is 3. The maximum atomic E-state index is 5.64. The molecule has 0 atom stereocenters. The molecule has 186 valence electrons. The molecule has 5 aromatic rings. The number of benzene rings is 2. The molecule has 0 bridgehead atoms. The van der Waals surface area contributed by atoms with Crippen LogP contribution in [-0.2, 0) is 26.1 Å². The van der Waals surface area contributed by atoms with Gasteiger partial charge < -0.3 is 20.9 Å². The number of para-hydroxylation sites is 2. The number of hydrogen-bond donors (Lipinski definition) is 2. The number of rotatable bonds is 8. The van der Waals surface area contributed by atoms with Crippen molar-refractivity contribution >= 4 is 28.0 Å². The molecular formula is C28H34N8. The summed E-state index contributed by atoms with van der Waals surface area (Å²) in [7, 11) is 0. The topological polar surface area (TPSA) is 95.8 Å². The highest BCUT2D eigenvalue weighted by Gasteiger charge is 2.17. The molecule has 0 unspecified atom stereocenters. The predicted octanol–water partition coefficient (Wildman–Crippen LogP) is 4.43. The summed E-state index contributed by atoms with van der Waals surface area (Å²) >= 11 is 0. The highest BCUT2D eigenvalue weighted by molar-refractivity contribution is 5.79. The molecule has 0 fully saturated rings. The lowest BCUT2D eigenvalue weighted by Gasteiger charge is -2.19. The first-order chi connectivity index (χ1) is 17.7. The van der Waals surface area contributed by atoms with Crippen LogP contribution in [0.2, 0.25) is 0 Å². The van der Waals surface area contributed by atoms with Crippen LogP contribution in [0.1, 0.15) is 18.4 Å². The van der Waals surface area contributed by atoms with Crippen LogP contribution in [0.5, 0.6) is 0 Å². The van der Waals surface area contributed by atoms with Gasteiger partial charge in [0.1, 0.15) is 0 Å². The van der Waals surface area contributed by atoms with Crippen LogP contribution < -0.4 is 16.4 Å². The van der Waals surface area contributed by atoms with Crippen LogP contribution in [-0.4, -0.2) is 37.2 Å². The quantitative estimate of drug-likeness (QED) is 0.341. The normalized spacial score (nSPS) is 12.5. The van der Waals surface area contributed by atoms with E-state index in [9.17, 15) is 0 Å². The van der Waals surface area contributed by atoms with Crippen molar-refractivity contribution in [3.05, 3.63) is 91.1 Å². The molecule has 0 radical (unpaired) electrons. The summed E-state index contributed by atoms with van der Waals surface area (Å²) in [6, 6.07) is 19.3. The third-order valence-electron chi connectivity index (χ3n) is 6.57. The standard InChI is InChI=1S/C14H18N4.C14H16N4/c2*15-13-10-16-18(11-13)8-3-7-17-9-6-12-4-1-2-5-14(12)17/h1-2,4-5,10-11H,3,6-9,15H2;1-2,4-6,9-11H,3,7-8,15H2. The van der Waals surface area contributed by atoms with Gasteiger partial charge in [0.15, 0.2) is 0 Å². The van der Waals surface area contributed by atoms with Crippen molar-refractivity contribution in [1.82, 2.24) is 24.1 Å². The lowest BCUT2D eigenvalue weighted by Crippen LogP contribution is -2.22. The van der Waals surface area contributed by atoms with E-state index in [2.05, 4.69) is 80.5 Å². The van der Waals surface area contributed by atoms with E-state index < -0.39 is 0 Å². The molecule has 36 heavy (non-hydrogen) atoms. The first-order valence-electron chi connectivity index (χ1n) is 12.6. The first-order valence-corrected chi connectivity index (χ1v) is 12.6.